The van der Waals surface area contributed by atoms with Crippen LogP contribution in [0.2, 0.25) is 0 Å². The Hall–Kier alpha value is -2.10. The predicted octanol–water partition coefficient (Wildman–Crippen LogP) is 3.03. The third kappa shape index (κ3) is 3.44. The van der Waals surface area contributed by atoms with E-state index in [4.69, 9.17) is 0 Å². The number of rotatable bonds is 5. The van der Waals surface area contributed by atoms with Gasteiger partial charge in [-0.05, 0) is 18.6 Å². The molecule has 0 unspecified atom stereocenters. The first-order valence-corrected chi connectivity index (χ1v) is 6.54. The molecule has 0 saturated carbocycles. The van der Waals surface area contributed by atoms with Crippen molar-refractivity contribution in [2.24, 2.45) is 0 Å². The fourth-order valence-electron chi connectivity index (χ4n) is 1.80. The molecule has 0 saturated heterocycles. The van der Waals surface area contributed by atoms with E-state index in [-0.39, 0.29) is 0 Å². The van der Waals surface area contributed by atoms with Crippen LogP contribution >= 0.6 is 0 Å². The number of aromatic nitrogens is 2. The van der Waals surface area contributed by atoms with E-state index < -0.39 is 0 Å². The molecule has 1 aromatic heterocycles. The van der Waals surface area contributed by atoms with Gasteiger partial charge in [0.2, 0.25) is 0 Å². The molecule has 0 fully saturated rings. The number of nitrogens with one attached hydrogen (secondary N) is 1. The standard InChI is InChI=1S/C15H20N4/c1-4-9-16-15-10-14(17-11-18-15)12-5-7-13(8-6-12)19(2)3/h5-8,10-11H,4,9H2,1-3H3,(H,16,17,18). The lowest BCUT2D eigenvalue weighted by Crippen LogP contribution is -2.08. The summed E-state index contributed by atoms with van der Waals surface area (Å²) < 4.78 is 0. The summed E-state index contributed by atoms with van der Waals surface area (Å²) >= 11 is 0. The first-order chi connectivity index (χ1) is 9.20. The Morgan fingerprint density at radius 3 is 2.47 bits per heavy atom. The highest BCUT2D eigenvalue weighted by molar-refractivity contribution is 5.65. The summed E-state index contributed by atoms with van der Waals surface area (Å²) in [6.45, 7) is 3.06. The van der Waals surface area contributed by atoms with Crippen molar-refractivity contribution in [3.8, 4) is 11.3 Å². The van der Waals surface area contributed by atoms with Crippen molar-refractivity contribution in [3.05, 3.63) is 36.7 Å². The van der Waals surface area contributed by atoms with Crippen molar-refractivity contribution >= 4 is 11.5 Å². The Kier molecular flexibility index (Phi) is 4.34. The van der Waals surface area contributed by atoms with E-state index in [9.17, 15) is 0 Å². The SMILES string of the molecule is CCCNc1cc(-c2ccc(N(C)C)cc2)ncn1. The smallest absolute Gasteiger partial charge is 0.129 e. The number of hydrogen-bond donors (Lipinski definition) is 1. The summed E-state index contributed by atoms with van der Waals surface area (Å²) in [5, 5.41) is 3.27. The number of benzene rings is 1. The van der Waals surface area contributed by atoms with E-state index in [1.54, 1.807) is 6.33 Å². The lowest BCUT2D eigenvalue weighted by atomic mass is 10.1. The van der Waals surface area contributed by atoms with Crippen molar-refractivity contribution in [2.75, 3.05) is 30.9 Å². The van der Waals surface area contributed by atoms with Gasteiger partial charge in [0.05, 0.1) is 5.69 Å². The molecule has 0 radical (unpaired) electrons. The molecule has 4 heteroatoms. The molecule has 19 heavy (non-hydrogen) atoms. The van der Waals surface area contributed by atoms with Gasteiger partial charge >= 0.3 is 0 Å². The van der Waals surface area contributed by atoms with E-state index in [0.29, 0.717) is 0 Å². The van der Waals surface area contributed by atoms with Crippen molar-refractivity contribution in [1.29, 1.82) is 0 Å². The van der Waals surface area contributed by atoms with E-state index in [2.05, 4.69) is 51.4 Å². The van der Waals surface area contributed by atoms with Crippen LogP contribution in [-0.2, 0) is 0 Å². The highest BCUT2D eigenvalue weighted by atomic mass is 15.1. The molecule has 1 heterocycles. The second-order valence-electron chi connectivity index (χ2n) is 4.66. The third-order valence-corrected chi connectivity index (χ3v) is 2.90. The molecule has 1 N–H and O–H groups in total. The summed E-state index contributed by atoms with van der Waals surface area (Å²) in [5.41, 5.74) is 3.23. The van der Waals surface area contributed by atoms with Crippen LogP contribution in [0, 0.1) is 0 Å². The van der Waals surface area contributed by atoms with Crippen LogP contribution in [0.25, 0.3) is 11.3 Å². The van der Waals surface area contributed by atoms with Gasteiger partial charge in [0.25, 0.3) is 0 Å². The van der Waals surface area contributed by atoms with Crippen LogP contribution in [0.3, 0.4) is 0 Å². The lowest BCUT2D eigenvalue weighted by molar-refractivity contribution is 0.965. The Morgan fingerprint density at radius 1 is 1.11 bits per heavy atom. The quantitative estimate of drug-likeness (QED) is 0.892. The van der Waals surface area contributed by atoms with Crippen molar-refractivity contribution in [3.63, 3.8) is 0 Å². The Morgan fingerprint density at radius 2 is 1.84 bits per heavy atom. The lowest BCUT2D eigenvalue weighted by Gasteiger charge is -2.12. The first kappa shape index (κ1) is 13.3. The minimum atomic E-state index is 0.878. The first-order valence-electron chi connectivity index (χ1n) is 6.54. The van der Waals surface area contributed by atoms with Gasteiger partial charge in [0.1, 0.15) is 12.1 Å². The molecule has 0 bridgehead atoms. The van der Waals surface area contributed by atoms with Gasteiger partial charge in [-0.25, -0.2) is 9.97 Å². The number of nitrogens with zero attached hydrogens (tertiary/aromatic N) is 3. The van der Waals surface area contributed by atoms with Crippen LogP contribution in [0.5, 0.6) is 0 Å². The maximum absolute atomic E-state index is 4.33. The predicted molar refractivity (Wildman–Crippen MR) is 80.6 cm³/mol. The molecule has 0 amide bonds. The summed E-state index contributed by atoms with van der Waals surface area (Å²) in [6, 6.07) is 10.3. The molecule has 2 aromatic rings. The van der Waals surface area contributed by atoms with Crippen LogP contribution in [0.15, 0.2) is 36.7 Å². The van der Waals surface area contributed by atoms with E-state index in [1.807, 2.05) is 20.2 Å². The maximum atomic E-state index is 4.33. The zero-order chi connectivity index (χ0) is 13.7. The van der Waals surface area contributed by atoms with Crippen molar-refractivity contribution < 1.29 is 0 Å². The zero-order valence-corrected chi connectivity index (χ0v) is 11.7. The zero-order valence-electron chi connectivity index (χ0n) is 11.7. The Labute approximate surface area is 114 Å². The molecule has 1 aromatic carbocycles. The number of anilines is 2. The van der Waals surface area contributed by atoms with Crippen LogP contribution < -0.4 is 10.2 Å². The fourth-order valence-corrected chi connectivity index (χ4v) is 1.80. The molecular formula is C15H20N4. The molecular weight excluding hydrogens is 236 g/mol. The largest absolute Gasteiger partial charge is 0.378 e. The topological polar surface area (TPSA) is 41.0 Å². The molecule has 0 aliphatic carbocycles. The van der Waals surface area contributed by atoms with Gasteiger partial charge in [-0.1, -0.05) is 19.1 Å². The highest BCUT2D eigenvalue weighted by Crippen LogP contribution is 2.21. The molecule has 100 valence electrons. The van der Waals surface area contributed by atoms with Gasteiger partial charge < -0.3 is 10.2 Å². The molecule has 0 aliphatic rings. The molecule has 4 nitrogen and oxygen atoms in total. The van der Waals surface area contributed by atoms with Crippen LogP contribution in [0.4, 0.5) is 11.5 Å². The molecule has 0 aliphatic heterocycles. The Bertz CT molecular complexity index is 520. The second-order valence-corrected chi connectivity index (χ2v) is 4.66. The van der Waals surface area contributed by atoms with E-state index >= 15 is 0 Å². The highest BCUT2D eigenvalue weighted by Gasteiger charge is 2.02. The Balaban J connectivity index is 2.21. The minimum Gasteiger partial charge on any atom is -0.378 e. The van der Waals surface area contributed by atoms with Gasteiger partial charge in [-0.3, -0.25) is 0 Å². The van der Waals surface area contributed by atoms with Crippen molar-refractivity contribution in [1.82, 2.24) is 9.97 Å². The molecule has 0 atom stereocenters. The number of hydrogen-bond acceptors (Lipinski definition) is 4. The average Bonchev–Trinajstić information content (AvgIpc) is 2.45. The molecule has 0 spiro atoms. The maximum Gasteiger partial charge on any atom is 0.129 e. The monoisotopic (exact) mass is 256 g/mol. The summed E-state index contributed by atoms with van der Waals surface area (Å²) in [5.74, 6) is 0.878. The average molecular weight is 256 g/mol. The van der Waals surface area contributed by atoms with E-state index in [1.165, 1.54) is 5.69 Å². The van der Waals surface area contributed by atoms with E-state index in [0.717, 1.165) is 30.0 Å². The second kappa shape index (κ2) is 6.18. The third-order valence-electron chi connectivity index (χ3n) is 2.90. The summed E-state index contributed by atoms with van der Waals surface area (Å²) in [4.78, 5) is 10.6. The van der Waals surface area contributed by atoms with Gasteiger partial charge in [-0.15, -0.1) is 0 Å². The van der Waals surface area contributed by atoms with Gasteiger partial charge in [0, 0.05) is 38.0 Å². The van der Waals surface area contributed by atoms with Crippen LogP contribution in [0.1, 0.15) is 13.3 Å². The minimum absolute atomic E-state index is 0.878. The van der Waals surface area contributed by atoms with Crippen molar-refractivity contribution in [2.45, 2.75) is 13.3 Å². The van der Waals surface area contributed by atoms with Gasteiger partial charge in [-0.2, -0.15) is 0 Å². The summed E-state index contributed by atoms with van der Waals surface area (Å²) in [7, 11) is 4.07. The summed E-state index contributed by atoms with van der Waals surface area (Å²) in [6.07, 6.45) is 2.68. The molecule has 2 rings (SSSR count). The fraction of sp³-hybridized carbons (Fsp3) is 0.333. The normalized spacial score (nSPS) is 10.3. The van der Waals surface area contributed by atoms with Gasteiger partial charge in [0.15, 0.2) is 0 Å². The van der Waals surface area contributed by atoms with Crippen LogP contribution in [-0.4, -0.2) is 30.6 Å².